The van der Waals surface area contributed by atoms with Crippen molar-refractivity contribution in [1.82, 2.24) is 10.6 Å². The van der Waals surface area contributed by atoms with Crippen molar-refractivity contribution in [2.24, 2.45) is 0 Å². The van der Waals surface area contributed by atoms with Gasteiger partial charge >= 0.3 is 0 Å². The highest BCUT2D eigenvalue weighted by Gasteiger charge is 2.23. The molecule has 2 aliphatic carbocycles. The molecular weight excluding hydrogens is 236 g/mol. The smallest absolute Gasteiger partial charge is 0.221 e. The van der Waals surface area contributed by atoms with E-state index < -0.39 is 0 Å². The van der Waals surface area contributed by atoms with E-state index in [9.17, 15) is 4.79 Å². The second-order valence-corrected chi connectivity index (χ2v) is 5.75. The first-order valence-electron chi connectivity index (χ1n) is 7.41. The predicted molar refractivity (Wildman–Crippen MR) is 76.0 cm³/mol. The van der Waals surface area contributed by atoms with Gasteiger partial charge < -0.3 is 10.6 Å². The highest BCUT2D eigenvalue weighted by atomic mass is 16.1. The molecule has 1 amide bonds. The number of fused-ring (bicyclic) bond motifs is 1. The number of carbonyl (C=O) groups is 1. The fourth-order valence-corrected chi connectivity index (χ4v) is 2.79. The van der Waals surface area contributed by atoms with Crippen molar-refractivity contribution in [1.29, 1.82) is 0 Å². The lowest BCUT2D eigenvalue weighted by atomic mass is 9.88. The van der Waals surface area contributed by atoms with Gasteiger partial charge in [-0.15, -0.1) is 0 Å². The number of hydrogen-bond acceptors (Lipinski definition) is 2. The Morgan fingerprint density at radius 1 is 1.11 bits per heavy atom. The molecule has 1 saturated carbocycles. The quantitative estimate of drug-likeness (QED) is 0.845. The fraction of sp³-hybridized carbons (Fsp3) is 0.562. The van der Waals surface area contributed by atoms with Gasteiger partial charge in [-0.25, -0.2) is 0 Å². The zero-order chi connectivity index (χ0) is 13.1. The van der Waals surface area contributed by atoms with Crippen LogP contribution in [0.5, 0.6) is 0 Å². The van der Waals surface area contributed by atoms with Crippen LogP contribution in [-0.2, 0) is 17.6 Å². The van der Waals surface area contributed by atoms with Crippen LogP contribution >= 0.6 is 0 Å². The van der Waals surface area contributed by atoms with Crippen LogP contribution in [-0.4, -0.2) is 24.5 Å². The normalized spacial score (nSPS) is 21.8. The van der Waals surface area contributed by atoms with Crippen molar-refractivity contribution < 1.29 is 4.79 Å². The lowest BCUT2D eigenvalue weighted by Gasteiger charge is -2.25. The van der Waals surface area contributed by atoms with E-state index in [0.717, 1.165) is 19.4 Å². The molecule has 3 nitrogen and oxygen atoms in total. The zero-order valence-corrected chi connectivity index (χ0v) is 11.3. The average molecular weight is 258 g/mol. The van der Waals surface area contributed by atoms with Crippen LogP contribution in [0.4, 0.5) is 0 Å². The van der Waals surface area contributed by atoms with Gasteiger partial charge in [0.2, 0.25) is 5.91 Å². The lowest BCUT2D eigenvalue weighted by Crippen LogP contribution is -2.37. The van der Waals surface area contributed by atoms with Crippen molar-refractivity contribution in [3.8, 4) is 0 Å². The maximum atomic E-state index is 11.6. The summed E-state index contributed by atoms with van der Waals surface area (Å²) >= 11 is 0. The minimum absolute atomic E-state index is 0.200. The molecule has 1 atom stereocenters. The molecule has 0 spiro atoms. The van der Waals surface area contributed by atoms with E-state index in [-0.39, 0.29) is 5.91 Å². The Labute approximate surface area is 114 Å². The molecule has 1 aromatic rings. The molecule has 2 aliphatic rings. The third kappa shape index (κ3) is 3.57. The Hall–Kier alpha value is -1.35. The lowest BCUT2D eigenvalue weighted by molar-refractivity contribution is -0.121. The monoisotopic (exact) mass is 258 g/mol. The summed E-state index contributed by atoms with van der Waals surface area (Å²) in [6.45, 7) is 0.797. The number of hydrogen-bond donors (Lipinski definition) is 2. The van der Waals surface area contributed by atoms with E-state index in [1.165, 1.54) is 30.4 Å². The van der Waals surface area contributed by atoms with Gasteiger partial charge in [-0.2, -0.15) is 0 Å². The Morgan fingerprint density at radius 2 is 1.89 bits per heavy atom. The van der Waals surface area contributed by atoms with Gasteiger partial charge in [0.25, 0.3) is 0 Å². The second kappa shape index (κ2) is 5.74. The van der Waals surface area contributed by atoms with E-state index in [0.29, 0.717) is 18.5 Å². The van der Waals surface area contributed by atoms with E-state index in [4.69, 9.17) is 0 Å². The standard InChI is InChI=1S/C16H22N2O/c19-16(18-14-7-8-14)9-10-17-15-6-5-12-3-1-2-4-13(12)11-15/h1-4,14-15,17H,5-11H2,(H,18,19). The van der Waals surface area contributed by atoms with E-state index in [2.05, 4.69) is 34.9 Å². The first-order chi connectivity index (χ1) is 9.31. The molecule has 0 aliphatic heterocycles. The minimum atomic E-state index is 0.200. The van der Waals surface area contributed by atoms with Crippen LogP contribution in [0.25, 0.3) is 0 Å². The van der Waals surface area contributed by atoms with Crippen molar-refractivity contribution in [2.45, 2.75) is 50.6 Å². The van der Waals surface area contributed by atoms with Crippen molar-refractivity contribution in [2.75, 3.05) is 6.54 Å². The minimum Gasteiger partial charge on any atom is -0.353 e. The number of amides is 1. The molecule has 0 heterocycles. The summed E-state index contributed by atoms with van der Waals surface area (Å²) < 4.78 is 0. The first-order valence-corrected chi connectivity index (χ1v) is 7.41. The SMILES string of the molecule is O=C(CCNC1CCc2ccccc2C1)NC1CC1. The van der Waals surface area contributed by atoms with Crippen LogP contribution in [0.1, 0.15) is 36.8 Å². The Bertz CT molecular complexity index is 454. The van der Waals surface area contributed by atoms with Crippen LogP contribution in [0.3, 0.4) is 0 Å². The highest BCUT2D eigenvalue weighted by molar-refractivity contribution is 5.76. The number of carbonyl (C=O) groups excluding carboxylic acids is 1. The maximum Gasteiger partial charge on any atom is 0.221 e. The van der Waals surface area contributed by atoms with E-state index >= 15 is 0 Å². The first kappa shape index (κ1) is 12.7. The van der Waals surface area contributed by atoms with Gasteiger partial charge in [-0.3, -0.25) is 4.79 Å². The molecule has 1 aromatic carbocycles. The third-order valence-corrected chi connectivity index (χ3v) is 4.07. The van der Waals surface area contributed by atoms with Crippen molar-refractivity contribution >= 4 is 5.91 Å². The van der Waals surface area contributed by atoms with Gasteiger partial charge in [0.1, 0.15) is 0 Å². The van der Waals surface area contributed by atoms with Crippen LogP contribution in [0.2, 0.25) is 0 Å². The summed E-state index contributed by atoms with van der Waals surface area (Å²) in [6, 6.07) is 9.70. The average Bonchev–Trinajstić information content (AvgIpc) is 3.22. The molecule has 0 radical (unpaired) electrons. The van der Waals surface area contributed by atoms with E-state index in [1.807, 2.05) is 0 Å². The highest BCUT2D eigenvalue weighted by Crippen LogP contribution is 2.21. The summed E-state index contributed by atoms with van der Waals surface area (Å²) in [6.07, 6.45) is 6.37. The number of benzene rings is 1. The molecule has 1 fully saturated rings. The Morgan fingerprint density at radius 3 is 2.68 bits per heavy atom. The van der Waals surface area contributed by atoms with Gasteiger partial charge in [0.15, 0.2) is 0 Å². The number of aryl methyl sites for hydroxylation is 1. The Balaban J connectivity index is 1.40. The number of rotatable bonds is 5. The van der Waals surface area contributed by atoms with Gasteiger partial charge in [-0.1, -0.05) is 24.3 Å². The van der Waals surface area contributed by atoms with Crippen molar-refractivity contribution in [3.05, 3.63) is 35.4 Å². The molecule has 0 bridgehead atoms. The van der Waals surface area contributed by atoms with Crippen LogP contribution in [0.15, 0.2) is 24.3 Å². The molecule has 0 aromatic heterocycles. The van der Waals surface area contributed by atoms with Crippen LogP contribution in [0, 0.1) is 0 Å². The molecule has 3 heteroatoms. The largest absolute Gasteiger partial charge is 0.353 e. The van der Waals surface area contributed by atoms with Crippen molar-refractivity contribution in [3.63, 3.8) is 0 Å². The van der Waals surface area contributed by atoms with Gasteiger partial charge in [-0.05, 0) is 43.2 Å². The summed E-state index contributed by atoms with van der Waals surface area (Å²) in [7, 11) is 0. The van der Waals surface area contributed by atoms with Crippen LogP contribution < -0.4 is 10.6 Å². The Kier molecular flexibility index (Phi) is 3.83. The predicted octanol–water partition coefficient (Wildman–Crippen LogP) is 1.80. The second-order valence-electron chi connectivity index (χ2n) is 5.75. The van der Waals surface area contributed by atoms with E-state index in [1.54, 1.807) is 0 Å². The molecule has 1 unspecified atom stereocenters. The molecule has 2 N–H and O–H groups in total. The number of nitrogens with one attached hydrogen (secondary N) is 2. The third-order valence-electron chi connectivity index (χ3n) is 4.07. The molecule has 19 heavy (non-hydrogen) atoms. The zero-order valence-electron chi connectivity index (χ0n) is 11.3. The summed E-state index contributed by atoms with van der Waals surface area (Å²) in [4.78, 5) is 11.6. The topological polar surface area (TPSA) is 41.1 Å². The fourth-order valence-electron chi connectivity index (χ4n) is 2.79. The summed E-state index contributed by atoms with van der Waals surface area (Å²) in [5, 5.41) is 6.55. The molecule has 3 rings (SSSR count). The molecule has 0 saturated heterocycles. The molecule has 102 valence electrons. The molecular formula is C16H22N2O. The summed E-state index contributed by atoms with van der Waals surface area (Å²) in [5.41, 5.74) is 2.96. The maximum absolute atomic E-state index is 11.6. The van der Waals surface area contributed by atoms with Gasteiger partial charge in [0.05, 0.1) is 0 Å². The van der Waals surface area contributed by atoms with Gasteiger partial charge in [0, 0.05) is 25.0 Å². The summed E-state index contributed by atoms with van der Waals surface area (Å²) in [5.74, 6) is 0.200.